The first kappa shape index (κ1) is 22.1. The molecular formula is C27H29N3O4. The molecule has 3 aromatic rings. The highest BCUT2D eigenvalue weighted by Gasteiger charge is 2.16. The van der Waals surface area contributed by atoms with Gasteiger partial charge in [0.2, 0.25) is 12.7 Å². The molecule has 2 aromatic carbocycles. The van der Waals surface area contributed by atoms with Gasteiger partial charge in [-0.3, -0.25) is 4.99 Å². The Kier molecular flexibility index (Phi) is 7.09. The van der Waals surface area contributed by atoms with Crippen LogP contribution in [0.4, 0.5) is 0 Å². The molecule has 0 aliphatic carbocycles. The first-order valence-electron chi connectivity index (χ1n) is 11.9. The van der Waals surface area contributed by atoms with Gasteiger partial charge in [0.15, 0.2) is 23.0 Å². The number of nitrogens with one attached hydrogen (secondary N) is 1. The lowest BCUT2D eigenvalue weighted by atomic mass is 10.1. The molecule has 0 atom stereocenters. The van der Waals surface area contributed by atoms with Crippen molar-refractivity contribution in [1.82, 2.24) is 10.3 Å². The maximum absolute atomic E-state index is 6.24. The third kappa shape index (κ3) is 5.42. The molecule has 0 bridgehead atoms. The number of pyridine rings is 1. The zero-order valence-corrected chi connectivity index (χ0v) is 19.2. The number of hydrogen-bond donors (Lipinski definition) is 1. The fourth-order valence-electron chi connectivity index (χ4n) is 4.01. The minimum atomic E-state index is 0.284. The number of aromatic nitrogens is 1. The number of ether oxygens (including phenoxy) is 4. The number of para-hydroxylation sites is 2. The van der Waals surface area contributed by atoms with Crippen molar-refractivity contribution in [3.8, 4) is 28.9 Å². The van der Waals surface area contributed by atoms with E-state index in [-0.39, 0.29) is 6.79 Å². The van der Waals surface area contributed by atoms with Crippen molar-refractivity contribution in [2.75, 3.05) is 26.5 Å². The zero-order valence-electron chi connectivity index (χ0n) is 19.2. The van der Waals surface area contributed by atoms with Crippen LogP contribution in [-0.2, 0) is 6.42 Å². The van der Waals surface area contributed by atoms with Gasteiger partial charge in [-0.15, -0.1) is 0 Å². The van der Waals surface area contributed by atoms with Crippen molar-refractivity contribution >= 4 is 5.84 Å². The summed E-state index contributed by atoms with van der Waals surface area (Å²) < 4.78 is 23.2. The maximum atomic E-state index is 6.24. The van der Waals surface area contributed by atoms with Crippen LogP contribution in [0.5, 0.6) is 28.9 Å². The minimum Gasteiger partial charge on any atom is -0.490 e. The van der Waals surface area contributed by atoms with Gasteiger partial charge in [0.05, 0.1) is 12.2 Å². The largest absolute Gasteiger partial charge is 0.490 e. The van der Waals surface area contributed by atoms with E-state index in [0.29, 0.717) is 24.8 Å². The van der Waals surface area contributed by atoms with Gasteiger partial charge in [0.25, 0.3) is 0 Å². The fourth-order valence-corrected chi connectivity index (χ4v) is 4.01. The molecule has 3 heterocycles. The van der Waals surface area contributed by atoms with Gasteiger partial charge in [-0.25, -0.2) is 4.98 Å². The first-order valence-corrected chi connectivity index (χ1v) is 11.9. The summed E-state index contributed by atoms with van der Waals surface area (Å²) in [5.41, 5.74) is 2.01. The van der Waals surface area contributed by atoms with Crippen LogP contribution in [0.2, 0.25) is 0 Å². The molecule has 1 aromatic heterocycles. The summed E-state index contributed by atoms with van der Waals surface area (Å²) in [5, 5.41) is 3.52. The van der Waals surface area contributed by atoms with E-state index in [1.807, 2.05) is 48.5 Å². The van der Waals surface area contributed by atoms with E-state index in [1.165, 1.54) is 5.56 Å². The van der Waals surface area contributed by atoms with E-state index in [4.69, 9.17) is 23.9 Å². The predicted octanol–water partition coefficient (Wildman–Crippen LogP) is 5.13. The number of rotatable bonds is 3. The Morgan fingerprint density at radius 3 is 2.62 bits per heavy atom. The number of amidine groups is 1. The standard InChI is InChI=1S/C27H29N3O4/c1-2-6-17-31-22-9-3-4-10-24(22)34-27-21(8-7-15-30-27)26(28-14-5-1)29-16-13-20-11-12-23-25(18-20)33-19-32-23/h3-4,7-12,15,18H,1-2,5-6,13-14,16-17,19H2,(H,28,29). The Hall–Kier alpha value is -3.74. The zero-order chi connectivity index (χ0) is 23.0. The second-order valence-electron chi connectivity index (χ2n) is 8.26. The molecule has 7 heteroatoms. The molecule has 0 unspecified atom stereocenters. The Bertz CT molecular complexity index is 1150. The summed E-state index contributed by atoms with van der Waals surface area (Å²) >= 11 is 0. The van der Waals surface area contributed by atoms with E-state index in [2.05, 4.69) is 16.4 Å². The summed E-state index contributed by atoms with van der Waals surface area (Å²) in [7, 11) is 0. The molecule has 34 heavy (non-hydrogen) atoms. The summed E-state index contributed by atoms with van der Waals surface area (Å²) in [6.07, 6.45) is 6.82. The summed E-state index contributed by atoms with van der Waals surface area (Å²) in [6, 6.07) is 17.7. The van der Waals surface area contributed by atoms with E-state index in [1.54, 1.807) is 6.20 Å². The van der Waals surface area contributed by atoms with Gasteiger partial charge >= 0.3 is 0 Å². The second kappa shape index (κ2) is 10.9. The van der Waals surface area contributed by atoms with Crippen LogP contribution in [0, 0.1) is 0 Å². The third-order valence-corrected chi connectivity index (χ3v) is 5.81. The van der Waals surface area contributed by atoms with Crippen LogP contribution in [0.3, 0.4) is 0 Å². The Morgan fingerprint density at radius 1 is 0.794 bits per heavy atom. The van der Waals surface area contributed by atoms with Crippen molar-refractivity contribution in [3.05, 3.63) is 71.9 Å². The van der Waals surface area contributed by atoms with Gasteiger partial charge in [0.1, 0.15) is 5.84 Å². The SMILES string of the molecule is c1ccc2c(c1)OCCCCCCN=C(NCCc1ccc3c(c1)OCO3)c1cccnc1O2. The lowest BCUT2D eigenvalue weighted by Crippen LogP contribution is -2.28. The predicted molar refractivity (Wildman–Crippen MR) is 130 cm³/mol. The minimum absolute atomic E-state index is 0.284. The number of fused-ring (bicyclic) bond motifs is 3. The third-order valence-electron chi connectivity index (χ3n) is 5.81. The lowest BCUT2D eigenvalue weighted by molar-refractivity contribution is 0.174. The van der Waals surface area contributed by atoms with Crippen LogP contribution in [0.25, 0.3) is 0 Å². The van der Waals surface area contributed by atoms with E-state index >= 15 is 0 Å². The Morgan fingerprint density at radius 2 is 1.65 bits per heavy atom. The van der Waals surface area contributed by atoms with Gasteiger partial charge < -0.3 is 24.3 Å². The molecule has 0 spiro atoms. The second-order valence-corrected chi connectivity index (χ2v) is 8.26. The molecule has 1 N–H and O–H groups in total. The molecule has 0 fully saturated rings. The van der Waals surface area contributed by atoms with Crippen molar-refractivity contribution in [2.45, 2.75) is 32.1 Å². The fraction of sp³-hybridized carbons (Fsp3) is 0.333. The smallest absolute Gasteiger partial charge is 0.231 e. The summed E-state index contributed by atoms with van der Waals surface area (Å²) in [5.74, 6) is 4.28. The van der Waals surface area contributed by atoms with E-state index < -0.39 is 0 Å². The van der Waals surface area contributed by atoms with Crippen molar-refractivity contribution in [1.29, 1.82) is 0 Å². The molecule has 0 saturated heterocycles. The van der Waals surface area contributed by atoms with Crippen LogP contribution < -0.4 is 24.3 Å². The van der Waals surface area contributed by atoms with Crippen LogP contribution >= 0.6 is 0 Å². The highest BCUT2D eigenvalue weighted by atomic mass is 16.7. The normalized spacial score (nSPS) is 15.6. The quantitative estimate of drug-likeness (QED) is 0.585. The summed E-state index contributed by atoms with van der Waals surface area (Å²) in [4.78, 5) is 9.42. The first-order chi connectivity index (χ1) is 16.9. The number of hydrogen-bond acceptors (Lipinski definition) is 7. The molecule has 0 saturated carbocycles. The molecule has 176 valence electrons. The van der Waals surface area contributed by atoms with Crippen LogP contribution in [-0.4, -0.2) is 37.3 Å². The van der Waals surface area contributed by atoms with Crippen molar-refractivity contribution < 1.29 is 18.9 Å². The maximum Gasteiger partial charge on any atom is 0.231 e. The topological polar surface area (TPSA) is 74.2 Å². The van der Waals surface area contributed by atoms with Crippen molar-refractivity contribution in [3.63, 3.8) is 0 Å². The van der Waals surface area contributed by atoms with Crippen LogP contribution in [0.1, 0.15) is 36.8 Å². The lowest BCUT2D eigenvalue weighted by Gasteiger charge is -2.16. The number of benzene rings is 2. The van der Waals surface area contributed by atoms with Gasteiger partial charge in [0, 0.05) is 19.3 Å². The molecule has 2 aliphatic heterocycles. The highest BCUT2D eigenvalue weighted by molar-refractivity contribution is 6.00. The van der Waals surface area contributed by atoms with E-state index in [0.717, 1.165) is 67.3 Å². The number of nitrogens with zero attached hydrogens (tertiary/aromatic N) is 2. The molecule has 0 amide bonds. The average Bonchev–Trinajstić information content (AvgIpc) is 3.33. The summed E-state index contributed by atoms with van der Waals surface area (Å²) in [6.45, 7) is 2.42. The van der Waals surface area contributed by atoms with Gasteiger partial charge in [-0.1, -0.05) is 24.6 Å². The highest BCUT2D eigenvalue weighted by Crippen LogP contribution is 2.33. The molecule has 7 nitrogen and oxygen atoms in total. The molecule has 0 radical (unpaired) electrons. The van der Waals surface area contributed by atoms with Gasteiger partial charge in [-0.2, -0.15) is 0 Å². The molecule has 5 rings (SSSR count). The van der Waals surface area contributed by atoms with E-state index in [9.17, 15) is 0 Å². The Balaban J connectivity index is 1.36. The molecule has 2 aliphatic rings. The van der Waals surface area contributed by atoms with Crippen LogP contribution in [0.15, 0.2) is 65.8 Å². The average molecular weight is 460 g/mol. The molecular weight excluding hydrogens is 430 g/mol. The monoisotopic (exact) mass is 459 g/mol. The van der Waals surface area contributed by atoms with Crippen molar-refractivity contribution in [2.24, 2.45) is 4.99 Å². The Labute approximate surface area is 199 Å². The van der Waals surface area contributed by atoms with Gasteiger partial charge in [-0.05, 0) is 67.6 Å². The number of aliphatic imine (C=N–C) groups is 1.